The number of aromatic amines is 1. The smallest absolute Gasteiger partial charge is 0.312 e. The summed E-state index contributed by atoms with van der Waals surface area (Å²) in [7, 11) is -2.87. The minimum atomic E-state index is -4.65. The van der Waals surface area contributed by atoms with Gasteiger partial charge in [0.2, 0.25) is 5.82 Å². The van der Waals surface area contributed by atoms with E-state index in [1.807, 2.05) is 6.07 Å². The molecule has 17 nitrogen and oxygen atoms in total. The van der Waals surface area contributed by atoms with Crippen molar-refractivity contribution in [2.24, 2.45) is 11.3 Å². The van der Waals surface area contributed by atoms with E-state index in [1.165, 1.54) is 41.3 Å². The highest BCUT2D eigenvalue weighted by Crippen LogP contribution is 2.54. The molecule has 0 unspecified atom stereocenters. The highest BCUT2D eigenvalue weighted by Gasteiger charge is 2.55. The second-order valence-corrected chi connectivity index (χ2v) is 24.1. The lowest BCUT2D eigenvalue weighted by atomic mass is 9.59. The van der Waals surface area contributed by atoms with Crippen LogP contribution in [0.3, 0.4) is 0 Å². The molecule has 6 aromatic rings. The minimum absolute atomic E-state index is 0.0519. The molecule has 1 amide bonds. The second kappa shape index (κ2) is 20.2. The van der Waals surface area contributed by atoms with Crippen molar-refractivity contribution in [2.75, 3.05) is 56.6 Å². The first kappa shape index (κ1) is 50.6. The largest absolute Gasteiger partial charge is 0.496 e. The molecule has 5 heterocycles. The van der Waals surface area contributed by atoms with Crippen molar-refractivity contribution in [3.8, 4) is 17.2 Å². The minimum Gasteiger partial charge on any atom is -0.496 e. The van der Waals surface area contributed by atoms with Crippen LogP contribution in [0.25, 0.3) is 11.0 Å². The summed E-state index contributed by atoms with van der Waals surface area (Å²) in [6.45, 7) is 12.2. The molecule has 2 saturated heterocycles. The predicted molar refractivity (Wildman–Crippen MR) is 287 cm³/mol. The van der Waals surface area contributed by atoms with Crippen molar-refractivity contribution in [2.45, 2.75) is 113 Å². The Kier molecular flexibility index (Phi) is 13.6. The Bertz CT molecular complexity index is 3230. The molecule has 2 aliphatic heterocycles. The summed E-state index contributed by atoms with van der Waals surface area (Å²) >= 11 is 0. The monoisotopic (exact) mass is 1040 g/mol. The highest BCUT2D eigenvalue weighted by molar-refractivity contribution is 7.90. The molecular formula is C57H67N9O8S. The maximum absolute atomic E-state index is 14.1. The fourth-order valence-corrected chi connectivity index (χ4v) is 13.1. The number of carbonyl (C=O) groups is 1. The molecule has 394 valence electrons. The van der Waals surface area contributed by atoms with Crippen LogP contribution in [0.2, 0.25) is 0 Å². The van der Waals surface area contributed by atoms with E-state index in [0.29, 0.717) is 48.7 Å². The molecule has 75 heavy (non-hydrogen) atoms. The van der Waals surface area contributed by atoms with Gasteiger partial charge in [0.1, 0.15) is 27.8 Å². The third kappa shape index (κ3) is 10.7. The number of aromatic nitrogens is 3. The summed E-state index contributed by atoms with van der Waals surface area (Å²) in [6.07, 6.45) is 11.6. The van der Waals surface area contributed by atoms with Crippen LogP contribution >= 0.6 is 0 Å². The number of ether oxygens (including phenoxy) is 2. The number of H-pyrrole nitrogens is 1. The van der Waals surface area contributed by atoms with E-state index < -0.39 is 37.0 Å². The van der Waals surface area contributed by atoms with Crippen LogP contribution < -0.4 is 24.4 Å². The molecule has 18 heteroatoms. The summed E-state index contributed by atoms with van der Waals surface area (Å²) < 4.78 is 42.0. The molecule has 4 N–H and O–H groups in total. The number of methoxy groups -OCH3 is 1. The number of rotatable bonds is 17. The Morgan fingerprint density at radius 2 is 1.73 bits per heavy atom. The van der Waals surface area contributed by atoms with Crippen LogP contribution in [-0.2, 0) is 16.6 Å². The van der Waals surface area contributed by atoms with Gasteiger partial charge in [-0.15, -0.1) is 0 Å². The van der Waals surface area contributed by atoms with Gasteiger partial charge in [0.05, 0.1) is 35.6 Å². The summed E-state index contributed by atoms with van der Waals surface area (Å²) in [6, 6.07) is 26.1. The number of fused-ring (bicyclic) bond motifs is 1. The number of hydrogen-bond acceptors (Lipinski definition) is 14. The first-order valence-corrected chi connectivity index (χ1v) is 27.9. The first-order valence-electron chi connectivity index (χ1n) is 26.4. The lowest BCUT2D eigenvalue weighted by Crippen LogP contribution is -2.68. The lowest BCUT2D eigenvalue weighted by molar-refractivity contribution is -0.384. The molecule has 1 spiro atoms. The molecule has 0 radical (unpaired) electrons. The maximum Gasteiger partial charge on any atom is 0.312 e. The van der Waals surface area contributed by atoms with E-state index in [9.17, 15) is 28.4 Å². The van der Waals surface area contributed by atoms with E-state index in [0.717, 1.165) is 94.0 Å². The van der Waals surface area contributed by atoms with Gasteiger partial charge in [0.15, 0.2) is 0 Å². The summed E-state index contributed by atoms with van der Waals surface area (Å²) in [4.78, 5) is 44.4. The van der Waals surface area contributed by atoms with Crippen LogP contribution in [0.1, 0.15) is 123 Å². The number of nitrogens with one attached hydrogen (secondary N) is 3. The Morgan fingerprint density at radius 3 is 2.48 bits per heavy atom. The zero-order valence-corrected chi connectivity index (χ0v) is 43.9. The van der Waals surface area contributed by atoms with E-state index in [4.69, 9.17) is 9.47 Å². The third-order valence-electron chi connectivity index (χ3n) is 16.6. The molecule has 3 saturated carbocycles. The zero-order chi connectivity index (χ0) is 52.2. The molecule has 3 aromatic carbocycles. The molecule has 5 fully saturated rings. The van der Waals surface area contributed by atoms with Crippen molar-refractivity contribution in [1.82, 2.24) is 29.5 Å². The van der Waals surface area contributed by atoms with Crippen molar-refractivity contribution in [3.63, 3.8) is 0 Å². The van der Waals surface area contributed by atoms with E-state index in [2.05, 4.69) is 96.0 Å². The third-order valence-corrected chi connectivity index (χ3v) is 17.9. The number of anilines is 2. The Hall–Kier alpha value is -6.60. The fourth-order valence-electron chi connectivity index (χ4n) is 12.2. The van der Waals surface area contributed by atoms with E-state index in [-0.39, 0.29) is 34.5 Å². The molecule has 3 aromatic heterocycles. The van der Waals surface area contributed by atoms with Gasteiger partial charge in [-0.25, -0.2) is 23.1 Å². The Balaban J connectivity index is 0.785. The summed E-state index contributed by atoms with van der Waals surface area (Å²) in [5.41, 5.74) is 5.73. The number of carbonyl (C=O) groups excluding carboxylic acids is 1. The summed E-state index contributed by atoms with van der Waals surface area (Å²) in [5, 5.41) is 26.3. The van der Waals surface area contributed by atoms with Crippen LogP contribution in [-0.4, -0.2) is 107 Å². The van der Waals surface area contributed by atoms with Crippen molar-refractivity contribution >= 4 is 44.2 Å². The number of piperazine rings is 1. The topological polar surface area (TPSA) is 208 Å². The number of sulfonamides is 1. The number of nitro groups is 1. The number of hydrogen-bond donors (Lipinski definition) is 4. The molecule has 0 bridgehead atoms. The number of nitrogens with zero attached hydrogens (tertiary/aromatic N) is 6. The van der Waals surface area contributed by atoms with Gasteiger partial charge in [0.25, 0.3) is 15.9 Å². The SMILES string of the molecule is COc1cc(CN2CCN(C3CC4(C3)CN(c3ccc(C(=O)NS(=O)(=O)c5cnc(NCC6CCC(C)(O)CC6)c([N+](=O)[O-])c5)c(Oc5cnc6[nH]ccc6c5)c3)C4)[C@H](c3ccccc3C(C)C)C2)ccc1C1CC1. The summed E-state index contributed by atoms with van der Waals surface area (Å²) in [5.74, 6) is 1.61. The highest BCUT2D eigenvalue weighted by atomic mass is 32.2. The van der Waals surface area contributed by atoms with E-state index in [1.54, 1.807) is 44.5 Å². The van der Waals surface area contributed by atoms with Gasteiger partial charge in [-0.05, 0) is 129 Å². The predicted octanol–water partition coefficient (Wildman–Crippen LogP) is 9.67. The second-order valence-electron chi connectivity index (χ2n) is 22.5. The standard InChI is InChI=1S/C57H67N9O8S/c1-36(2)45-7-5-6-8-47(45)50-33-63(32-38-9-13-46(39-10-11-39)51(23-38)73-4)21-22-65(50)42-27-57(28-42)34-64(35-57)41-12-14-48(52(25-41)74-43-24-40-17-20-58-53(40)60-30-43)55(67)62-75(71,72)44-26-49(66(69)70)54(61-31-44)59-29-37-15-18-56(3,68)19-16-37/h5-9,12-14,17,20,23-26,30-31,36-37,39,42,50,68H,10-11,15-16,18-19,21-22,27-29,32-35H2,1-4H3,(H,58,60)(H,59,61)(H,62,67)/t37?,50-,56?/m0/s1. The average Bonchev–Trinajstić information content (AvgIpc) is 4.11. The molecule has 5 aliphatic rings. The van der Waals surface area contributed by atoms with E-state index >= 15 is 0 Å². The molecule has 11 rings (SSSR count). The van der Waals surface area contributed by atoms with Gasteiger partial charge < -0.3 is 29.8 Å². The molecular weight excluding hydrogens is 971 g/mol. The van der Waals surface area contributed by atoms with Crippen LogP contribution in [0, 0.1) is 21.4 Å². The zero-order valence-electron chi connectivity index (χ0n) is 43.1. The molecule has 1 atom stereocenters. The number of pyridine rings is 2. The number of aliphatic hydroxyl groups is 1. The van der Waals surface area contributed by atoms with Crippen LogP contribution in [0.4, 0.5) is 17.2 Å². The number of amides is 1. The lowest BCUT2D eigenvalue weighted by Gasteiger charge is -2.63. The fraction of sp³-hybridized carbons (Fsp3) is 0.456. The first-order chi connectivity index (χ1) is 36.0. The van der Waals surface area contributed by atoms with Gasteiger partial charge in [0, 0.05) is 92.7 Å². The Morgan fingerprint density at radius 1 is 0.947 bits per heavy atom. The van der Waals surface area contributed by atoms with Gasteiger partial charge in [-0.3, -0.25) is 24.7 Å². The quantitative estimate of drug-likeness (QED) is 0.0496. The molecule has 3 aliphatic carbocycles. The van der Waals surface area contributed by atoms with Gasteiger partial charge >= 0.3 is 5.69 Å². The van der Waals surface area contributed by atoms with Crippen molar-refractivity contribution in [1.29, 1.82) is 0 Å². The van der Waals surface area contributed by atoms with Crippen LogP contribution in [0.15, 0.2) is 102 Å². The van der Waals surface area contributed by atoms with Crippen molar-refractivity contribution < 1.29 is 32.7 Å². The number of benzene rings is 3. The maximum atomic E-state index is 14.1. The van der Waals surface area contributed by atoms with Gasteiger partial charge in [-0.2, -0.15) is 0 Å². The van der Waals surface area contributed by atoms with Gasteiger partial charge in [-0.1, -0.05) is 50.2 Å². The van der Waals surface area contributed by atoms with Crippen LogP contribution in [0.5, 0.6) is 17.2 Å². The Labute approximate surface area is 438 Å². The normalized spacial score (nSPS) is 22.2. The van der Waals surface area contributed by atoms with Crippen molar-refractivity contribution in [3.05, 3.63) is 135 Å². The average molecular weight is 1040 g/mol.